The molecule has 1 fully saturated rings. The van der Waals surface area contributed by atoms with Gasteiger partial charge in [0.15, 0.2) is 11.5 Å². The summed E-state index contributed by atoms with van der Waals surface area (Å²) in [6.07, 6.45) is -4.39. The summed E-state index contributed by atoms with van der Waals surface area (Å²) in [7, 11) is 0. The highest BCUT2D eigenvalue weighted by atomic mass is 19.4. The molecule has 1 saturated heterocycles. The van der Waals surface area contributed by atoms with Crippen LogP contribution < -0.4 is 5.32 Å². The van der Waals surface area contributed by atoms with Gasteiger partial charge in [0, 0.05) is 38.8 Å². The molecule has 1 N–H and O–H groups in total. The van der Waals surface area contributed by atoms with Gasteiger partial charge in [0.25, 0.3) is 5.91 Å². The van der Waals surface area contributed by atoms with Gasteiger partial charge in [-0.15, -0.1) is 10.2 Å². The van der Waals surface area contributed by atoms with Crippen LogP contribution in [0.25, 0.3) is 0 Å². The van der Waals surface area contributed by atoms with Gasteiger partial charge in [0.2, 0.25) is 5.91 Å². The molecule has 0 radical (unpaired) electrons. The van der Waals surface area contributed by atoms with Gasteiger partial charge in [-0.05, 0) is 36.4 Å². The van der Waals surface area contributed by atoms with Crippen molar-refractivity contribution >= 4 is 23.3 Å². The normalized spacial score (nSPS) is 14.7. The van der Waals surface area contributed by atoms with Crippen molar-refractivity contribution in [1.82, 2.24) is 20.0 Å². The summed E-state index contributed by atoms with van der Waals surface area (Å²) >= 11 is 0. The molecule has 2 amide bonds. The van der Waals surface area contributed by atoms with E-state index in [9.17, 15) is 22.8 Å². The van der Waals surface area contributed by atoms with Crippen LogP contribution in [0.4, 0.5) is 24.7 Å². The number of piperazine rings is 1. The first-order valence-corrected chi connectivity index (χ1v) is 8.57. The van der Waals surface area contributed by atoms with Gasteiger partial charge in [-0.3, -0.25) is 9.59 Å². The maximum Gasteiger partial charge on any atom is 0.416 e. The number of aromatic nitrogens is 2. The summed E-state index contributed by atoms with van der Waals surface area (Å²) in [5.41, 5.74) is -0.161. The molecule has 10 heteroatoms. The zero-order valence-corrected chi connectivity index (χ0v) is 15.0. The molecular weight excluding hydrogens is 375 g/mol. The molecule has 0 aliphatic carbocycles. The van der Waals surface area contributed by atoms with Gasteiger partial charge < -0.3 is 15.1 Å². The lowest BCUT2D eigenvalue weighted by Gasteiger charge is -2.33. The maximum absolute atomic E-state index is 12.6. The minimum absolute atomic E-state index is 0.0226. The molecule has 0 spiro atoms. The highest BCUT2D eigenvalue weighted by Gasteiger charge is 2.30. The third-order valence-electron chi connectivity index (χ3n) is 4.38. The monoisotopic (exact) mass is 393 g/mol. The summed E-state index contributed by atoms with van der Waals surface area (Å²) in [5.74, 6) is 0.0000686. The molecule has 148 valence electrons. The molecule has 3 rings (SSSR count). The van der Waals surface area contributed by atoms with Crippen molar-refractivity contribution in [2.24, 2.45) is 0 Å². The van der Waals surface area contributed by atoms with E-state index in [1.54, 1.807) is 9.80 Å². The van der Waals surface area contributed by atoms with E-state index >= 15 is 0 Å². The summed E-state index contributed by atoms with van der Waals surface area (Å²) in [6.45, 7) is 3.28. The SMILES string of the molecule is CC(=O)N1CCN(C(=O)c2ccc(Nc3ccc(C(F)(F)F)cc3)nn2)CC1. The lowest BCUT2D eigenvalue weighted by atomic mass is 10.2. The Morgan fingerprint density at radius 1 is 0.929 bits per heavy atom. The summed E-state index contributed by atoms with van der Waals surface area (Å²) in [5, 5.41) is 10.6. The predicted octanol–water partition coefficient (Wildman–Crippen LogP) is 2.54. The fourth-order valence-corrected chi connectivity index (χ4v) is 2.79. The molecule has 0 atom stereocenters. The quantitative estimate of drug-likeness (QED) is 0.867. The predicted molar refractivity (Wildman–Crippen MR) is 94.9 cm³/mol. The Morgan fingerprint density at radius 3 is 2.04 bits per heavy atom. The Hall–Kier alpha value is -3.17. The van der Waals surface area contributed by atoms with Crippen LogP contribution in [-0.4, -0.2) is 58.0 Å². The van der Waals surface area contributed by atoms with E-state index in [2.05, 4.69) is 15.5 Å². The minimum atomic E-state index is -4.39. The van der Waals surface area contributed by atoms with Crippen LogP contribution in [0.3, 0.4) is 0 Å². The Morgan fingerprint density at radius 2 is 1.54 bits per heavy atom. The number of nitrogens with zero attached hydrogens (tertiary/aromatic N) is 4. The second kappa shape index (κ2) is 7.83. The van der Waals surface area contributed by atoms with Gasteiger partial charge in [-0.2, -0.15) is 13.2 Å². The van der Waals surface area contributed by atoms with Crippen molar-refractivity contribution < 1.29 is 22.8 Å². The van der Waals surface area contributed by atoms with Crippen LogP contribution in [0.15, 0.2) is 36.4 Å². The molecule has 1 aliphatic rings. The zero-order chi connectivity index (χ0) is 20.3. The van der Waals surface area contributed by atoms with E-state index in [0.29, 0.717) is 37.7 Å². The van der Waals surface area contributed by atoms with Gasteiger partial charge in [-0.1, -0.05) is 0 Å². The summed E-state index contributed by atoms with van der Waals surface area (Å²) < 4.78 is 37.7. The average Bonchev–Trinajstić information content (AvgIpc) is 2.68. The van der Waals surface area contributed by atoms with Crippen LogP contribution in [0.2, 0.25) is 0 Å². The van der Waals surface area contributed by atoms with Crippen molar-refractivity contribution in [3.05, 3.63) is 47.7 Å². The van der Waals surface area contributed by atoms with Crippen LogP contribution in [-0.2, 0) is 11.0 Å². The standard InChI is InChI=1S/C18H18F3N5O2/c1-12(27)25-8-10-26(11-9-25)17(28)15-6-7-16(24-23-15)22-14-4-2-13(3-5-14)18(19,20)21/h2-7H,8-11H2,1H3,(H,22,24). The molecule has 2 heterocycles. The number of hydrogen-bond donors (Lipinski definition) is 1. The Balaban J connectivity index is 1.60. The number of alkyl halides is 3. The highest BCUT2D eigenvalue weighted by molar-refractivity contribution is 5.92. The Kier molecular flexibility index (Phi) is 5.48. The van der Waals surface area contributed by atoms with E-state index in [0.717, 1.165) is 12.1 Å². The largest absolute Gasteiger partial charge is 0.416 e. The third kappa shape index (κ3) is 4.56. The maximum atomic E-state index is 12.6. The first kappa shape index (κ1) is 19.6. The Bertz CT molecular complexity index is 845. The number of anilines is 2. The van der Waals surface area contributed by atoms with Crippen molar-refractivity contribution in [2.45, 2.75) is 13.1 Å². The van der Waals surface area contributed by atoms with E-state index in [4.69, 9.17) is 0 Å². The molecule has 2 aromatic rings. The molecule has 1 aliphatic heterocycles. The van der Waals surface area contributed by atoms with Crippen molar-refractivity contribution in [3.8, 4) is 0 Å². The molecule has 7 nitrogen and oxygen atoms in total. The summed E-state index contributed by atoms with van der Waals surface area (Å²) in [4.78, 5) is 27.1. The van der Waals surface area contributed by atoms with Gasteiger partial charge >= 0.3 is 6.18 Å². The van der Waals surface area contributed by atoms with E-state index < -0.39 is 11.7 Å². The van der Waals surface area contributed by atoms with Gasteiger partial charge in [0.05, 0.1) is 5.56 Å². The van der Waals surface area contributed by atoms with Crippen LogP contribution in [0.1, 0.15) is 23.0 Å². The number of hydrogen-bond acceptors (Lipinski definition) is 5. The third-order valence-corrected chi connectivity index (χ3v) is 4.38. The Labute approximate surface area is 159 Å². The second-order valence-corrected chi connectivity index (χ2v) is 6.30. The number of carbonyl (C=O) groups is 2. The van der Waals surface area contributed by atoms with Crippen molar-refractivity contribution in [2.75, 3.05) is 31.5 Å². The molecule has 0 unspecified atom stereocenters. The van der Waals surface area contributed by atoms with Gasteiger partial charge in [-0.25, -0.2) is 0 Å². The topological polar surface area (TPSA) is 78.4 Å². The first-order valence-electron chi connectivity index (χ1n) is 8.57. The molecule has 28 heavy (non-hydrogen) atoms. The molecule has 0 saturated carbocycles. The van der Waals surface area contributed by atoms with E-state index in [-0.39, 0.29) is 17.5 Å². The number of amides is 2. The van der Waals surface area contributed by atoms with Crippen molar-refractivity contribution in [3.63, 3.8) is 0 Å². The van der Waals surface area contributed by atoms with E-state index in [1.807, 2.05) is 0 Å². The van der Waals surface area contributed by atoms with Crippen LogP contribution in [0.5, 0.6) is 0 Å². The highest BCUT2D eigenvalue weighted by Crippen LogP contribution is 2.30. The zero-order valence-electron chi connectivity index (χ0n) is 15.0. The summed E-state index contributed by atoms with van der Waals surface area (Å²) in [6, 6.07) is 7.54. The number of rotatable bonds is 3. The second-order valence-electron chi connectivity index (χ2n) is 6.30. The number of carbonyl (C=O) groups excluding carboxylic acids is 2. The lowest BCUT2D eigenvalue weighted by molar-refractivity contribution is -0.137. The lowest BCUT2D eigenvalue weighted by Crippen LogP contribution is -2.50. The van der Waals surface area contributed by atoms with Crippen LogP contribution in [0, 0.1) is 0 Å². The molecule has 0 bridgehead atoms. The average molecular weight is 393 g/mol. The van der Waals surface area contributed by atoms with Gasteiger partial charge in [0.1, 0.15) is 0 Å². The number of benzene rings is 1. The first-order chi connectivity index (χ1) is 13.2. The van der Waals surface area contributed by atoms with Crippen LogP contribution >= 0.6 is 0 Å². The number of nitrogens with one attached hydrogen (secondary N) is 1. The molecule has 1 aromatic carbocycles. The minimum Gasteiger partial charge on any atom is -0.339 e. The van der Waals surface area contributed by atoms with Crippen molar-refractivity contribution in [1.29, 1.82) is 0 Å². The molecular formula is C18H18F3N5O2. The molecule has 1 aromatic heterocycles. The fraction of sp³-hybridized carbons (Fsp3) is 0.333. The fourth-order valence-electron chi connectivity index (χ4n) is 2.79. The number of halogens is 3. The smallest absolute Gasteiger partial charge is 0.339 e. The van der Waals surface area contributed by atoms with E-state index in [1.165, 1.54) is 31.2 Å².